The minimum absolute atomic E-state index is 0.233. The molecule has 1 atom stereocenters. The average molecular weight is 275 g/mol. The van der Waals surface area contributed by atoms with Crippen molar-refractivity contribution in [1.29, 1.82) is 0 Å². The highest BCUT2D eigenvalue weighted by molar-refractivity contribution is 5.65. The third-order valence-corrected chi connectivity index (χ3v) is 3.39. The van der Waals surface area contributed by atoms with Crippen molar-refractivity contribution in [3.63, 3.8) is 0 Å². The summed E-state index contributed by atoms with van der Waals surface area (Å²) in [5, 5.41) is 3.39. The SMILES string of the molecule is CCNC(CC)c1cccc(-c2cc(F)ccc2F)c1. The van der Waals surface area contributed by atoms with E-state index in [-0.39, 0.29) is 6.04 Å². The molecule has 0 bridgehead atoms. The molecule has 0 saturated carbocycles. The monoisotopic (exact) mass is 275 g/mol. The zero-order chi connectivity index (χ0) is 14.5. The van der Waals surface area contributed by atoms with Crippen LogP contribution in [0.15, 0.2) is 42.5 Å². The first kappa shape index (κ1) is 14.7. The van der Waals surface area contributed by atoms with E-state index in [9.17, 15) is 8.78 Å². The second kappa shape index (κ2) is 6.62. The second-order valence-electron chi connectivity index (χ2n) is 4.77. The lowest BCUT2D eigenvalue weighted by atomic mass is 9.98. The minimum Gasteiger partial charge on any atom is -0.310 e. The minimum atomic E-state index is -0.425. The van der Waals surface area contributed by atoms with Gasteiger partial charge in [0.15, 0.2) is 0 Å². The van der Waals surface area contributed by atoms with Gasteiger partial charge in [0.2, 0.25) is 0 Å². The van der Waals surface area contributed by atoms with Gasteiger partial charge in [-0.25, -0.2) is 8.78 Å². The average Bonchev–Trinajstić information content (AvgIpc) is 2.47. The zero-order valence-corrected chi connectivity index (χ0v) is 11.8. The maximum Gasteiger partial charge on any atom is 0.131 e. The third kappa shape index (κ3) is 3.23. The predicted octanol–water partition coefficient (Wildman–Crippen LogP) is 4.69. The molecule has 1 N–H and O–H groups in total. The van der Waals surface area contributed by atoms with Gasteiger partial charge in [0, 0.05) is 11.6 Å². The Labute approximate surface area is 118 Å². The Hall–Kier alpha value is -1.74. The van der Waals surface area contributed by atoms with Crippen molar-refractivity contribution in [2.45, 2.75) is 26.3 Å². The van der Waals surface area contributed by atoms with Crippen molar-refractivity contribution in [3.05, 3.63) is 59.7 Å². The van der Waals surface area contributed by atoms with Crippen molar-refractivity contribution in [2.75, 3.05) is 6.54 Å². The maximum absolute atomic E-state index is 13.8. The fourth-order valence-corrected chi connectivity index (χ4v) is 2.39. The van der Waals surface area contributed by atoms with E-state index < -0.39 is 11.6 Å². The molecule has 0 fully saturated rings. The van der Waals surface area contributed by atoms with Crippen LogP contribution in [0.5, 0.6) is 0 Å². The molecule has 0 spiro atoms. The quantitative estimate of drug-likeness (QED) is 0.834. The molecule has 3 heteroatoms. The topological polar surface area (TPSA) is 12.0 Å². The van der Waals surface area contributed by atoms with Crippen LogP contribution in [-0.2, 0) is 0 Å². The van der Waals surface area contributed by atoms with Crippen LogP contribution in [0.3, 0.4) is 0 Å². The molecule has 106 valence electrons. The van der Waals surface area contributed by atoms with E-state index in [0.717, 1.165) is 24.6 Å². The van der Waals surface area contributed by atoms with E-state index >= 15 is 0 Å². The molecule has 2 aromatic rings. The normalized spacial score (nSPS) is 12.4. The summed E-state index contributed by atoms with van der Waals surface area (Å²) < 4.78 is 27.1. The molecule has 0 aliphatic heterocycles. The van der Waals surface area contributed by atoms with Crippen LogP contribution in [0.25, 0.3) is 11.1 Å². The molecule has 20 heavy (non-hydrogen) atoms. The van der Waals surface area contributed by atoms with Crippen LogP contribution in [-0.4, -0.2) is 6.54 Å². The van der Waals surface area contributed by atoms with Crippen molar-refractivity contribution >= 4 is 0 Å². The Balaban J connectivity index is 2.41. The van der Waals surface area contributed by atoms with Crippen molar-refractivity contribution < 1.29 is 8.78 Å². The summed E-state index contributed by atoms with van der Waals surface area (Å²) in [5.74, 6) is -0.828. The van der Waals surface area contributed by atoms with Gasteiger partial charge in [-0.05, 0) is 48.4 Å². The molecule has 0 aliphatic rings. The van der Waals surface area contributed by atoms with Crippen LogP contribution in [0.4, 0.5) is 8.78 Å². The predicted molar refractivity (Wildman–Crippen MR) is 78.5 cm³/mol. The van der Waals surface area contributed by atoms with E-state index in [0.29, 0.717) is 11.1 Å². The van der Waals surface area contributed by atoms with Crippen LogP contribution in [0, 0.1) is 11.6 Å². The largest absolute Gasteiger partial charge is 0.310 e. The Morgan fingerprint density at radius 2 is 1.85 bits per heavy atom. The van der Waals surface area contributed by atoms with Gasteiger partial charge in [-0.3, -0.25) is 0 Å². The Kier molecular flexibility index (Phi) is 4.85. The summed E-state index contributed by atoms with van der Waals surface area (Å²) in [6.45, 7) is 5.03. The molecule has 2 rings (SSSR count). The molecule has 1 nitrogen and oxygen atoms in total. The molecule has 2 aromatic carbocycles. The highest BCUT2D eigenvalue weighted by Crippen LogP contribution is 2.27. The number of rotatable bonds is 5. The molecular weight excluding hydrogens is 256 g/mol. The highest BCUT2D eigenvalue weighted by atomic mass is 19.1. The van der Waals surface area contributed by atoms with Gasteiger partial charge in [-0.15, -0.1) is 0 Å². The van der Waals surface area contributed by atoms with Crippen LogP contribution in [0.2, 0.25) is 0 Å². The van der Waals surface area contributed by atoms with Gasteiger partial charge in [-0.2, -0.15) is 0 Å². The molecule has 0 saturated heterocycles. The van der Waals surface area contributed by atoms with Gasteiger partial charge >= 0.3 is 0 Å². The number of nitrogens with one attached hydrogen (secondary N) is 1. The molecule has 0 radical (unpaired) electrons. The third-order valence-electron chi connectivity index (χ3n) is 3.39. The molecule has 0 aliphatic carbocycles. The van der Waals surface area contributed by atoms with Gasteiger partial charge in [0.25, 0.3) is 0 Å². The highest BCUT2D eigenvalue weighted by Gasteiger charge is 2.11. The van der Waals surface area contributed by atoms with E-state index in [2.05, 4.69) is 19.2 Å². The maximum atomic E-state index is 13.8. The number of hydrogen-bond donors (Lipinski definition) is 1. The summed E-state index contributed by atoms with van der Waals surface area (Å²) in [5.41, 5.74) is 2.10. The second-order valence-corrected chi connectivity index (χ2v) is 4.77. The number of benzene rings is 2. The van der Waals surface area contributed by atoms with Gasteiger partial charge in [0.05, 0.1) is 0 Å². The Bertz CT molecular complexity index is 581. The molecule has 0 amide bonds. The van der Waals surface area contributed by atoms with E-state index in [1.807, 2.05) is 18.2 Å². The van der Waals surface area contributed by atoms with Crippen molar-refractivity contribution in [3.8, 4) is 11.1 Å². The summed E-state index contributed by atoms with van der Waals surface area (Å²) in [4.78, 5) is 0. The van der Waals surface area contributed by atoms with E-state index in [4.69, 9.17) is 0 Å². The summed E-state index contributed by atoms with van der Waals surface area (Å²) in [7, 11) is 0. The smallest absolute Gasteiger partial charge is 0.131 e. The van der Waals surface area contributed by atoms with Crippen LogP contribution in [0.1, 0.15) is 31.9 Å². The summed E-state index contributed by atoms with van der Waals surface area (Å²) in [6, 6.07) is 11.4. The first-order valence-corrected chi connectivity index (χ1v) is 6.94. The first-order chi connectivity index (χ1) is 9.65. The summed E-state index contributed by atoms with van der Waals surface area (Å²) in [6.07, 6.45) is 0.947. The van der Waals surface area contributed by atoms with Gasteiger partial charge in [0.1, 0.15) is 11.6 Å². The standard InChI is InChI=1S/C17H19F2N/c1-3-17(20-4-2)13-7-5-6-12(10-13)15-11-14(18)8-9-16(15)19/h5-11,17,20H,3-4H2,1-2H3. The Morgan fingerprint density at radius 1 is 1.05 bits per heavy atom. The molecular formula is C17H19F2N. The number of hydrogen-bond acceptors (Lipinski definition) is 1. The lowest BCUT2D eigenvalue weighted by Gasteiger charge is -2.17. The molecule has 1 unspecified atom stereocenters. The number of halogens is 2. The van der Waals surface area contributed by atoms with Gasteiger partial charge in [-0.1, -0.05) is 32.0 Å². The van der Waals surface area contributed by atoms with Crippen LogP contribution < -0.4 is 5.32 Å². The first-order valence-electron chi connectivity index (χ1n) is 6.94. The fourth-order valence-electron chi connectivity index (χ4n) is 2.39. The fraction of sp³-hybridized carbons (Fsp3) is 0.294. The van der Waals surface area contributed by atoms with E-state index in [1.54, 1.807) is 6.07 Å². The zero-order valence-electron chi connectivity index (χ0n) is 11.8. The lowest BCUT2D eigenvalue weighted by Crippen LogP contribution is -2.19. The molecule has 0 aromatic heterocycles. The van der Waals surface area contributed by atoms with Crippen molar-refractivity contribution in [2.24, 2.45) is 0 Å². The lowest BCUT2D eigenvalue weighted by molar-refractivity contribution is 0.537. The molecule has 0 heterocycles. The van der Waals surface area contributed by atoms with E-state index in [1.165, 1.54) is 12.1 Å². The summed E-state index contributed by atoms with van der Waals surface area (Å²) >= 11 is 0. The van der Waals surface area contributed by atoms with Crippen LogP contribution >= 0.6 is 0 Å². The van der Waals surface area contributed by atoms with Crippen molar-refractivity contribution in [1.82, 2.24) is 5.32 Å². The van der Waals surface area contributed by atoms with Gasteiger partial charge < -0.3 is 5.32 Å². The Morgan fingerprint density at radius 3 is 2.55 bits per heavy atom.